The van der Waals surface area contributed by atoms with Gasteiger partial charge in [-0.25, -0.2) is 9.59 Å². The van der Waals surface area contributed by atoms with Crippen molar-refractivity contribution >= 4 is 17.7 Å². The van der Waals surface area contributed by atoms with Crippen LogP contribution in [0, 0.1) is 0 Å². The minimum absolute atomic E-state index is 0.168. The van der Waals surface area contributed by atoms with Crippen molar-refractivity contribution in [3.8, 4) is 11.1 Å². The maximum atomic E-state index is 12.6. The average Bonchev–Trinajstić information content (AvgIpc) is 3.03. The highest BCUT2D eigenvalue weighted by atomic mass is 16.6. The summed E-state index contributed by atoms with van der Waals surface area (Å²) in [5, 5.41) is 9.56. The Kier molecular flexibility index (Phi) is 4.96. The number of carbonyl (C=O) groups excluding carboxylic acids is 1. The van der Waals surface area contributed by atoms with Crippen LogP contribution in [0.2, 0.25) is 0 Å². The lowest BCUT2D eigenvalue weighted by Gasteiger charge is -2.25. The highest BCUT2D eigenvalue weighted by molar-refractivity contribution is 5.98. The Morgan fingerprint density at radius 3 is 2.56 bits per heavy atom. The first-order valence-electron chi connectivity index (χ1n) is 9.19. The standard InChI is InChI=1S/C22H25NO4/c1-5-14-7-6-8-15(11-14)18-12-16(20(24)25)13-19-17(18)9-10-23(19)21(26)27-22(2,3)4/h6-8,11-13H,5,9-10H2,1-4H3,(H,24,25). The molecule has 0 bridgehead atoms. The summed E-state index contributed by atoms with van der Waals surface area (Å²) in [6.45, 7) is 8.01. The molecule has 0 atom stereocenters. The predicted octanol–water partition coefficient (Wildman–Crippen LogP) is 4.91. The minimum Gasteiger partial charge on any atom is -0.478 e. The normalized spacial score (nSPS) is 13.4. The Bertz CT molecular complexity index is 896. The summed E-state index contributed by atoms with van der Waals surface area (Å²) in [5.74, 6) is -1.01. The van der Waals surface area contributed by atoms with Crippen molar-refractivity contribution in [2.24, 2.45) is 0 Å². The van der Waals surface area contributed by atoms with Crippen LogP contribution in [0.1, 0.15) is 49.2 Å². The van der Waals surface area contributed by atoms with Crippen LogP contribution in [0.4, 0.5) is 10.5 Å². The highest BCUT2D eigenvalue weighted by Crippen LogP contribution is 2.38. The Hall–Kier alpha value is -2.82. The number of anilines is 1. The lowest BCUT2D eigenvalue weighted by Crippen LogP contribution is -2.35. The molecule has 3 rings (SSSR count). The van der Waals surface area contributed by atoms with Gasteiger partial charge in [0.05, 0.1) is 11.3 Å². The fourth-order valence-corrected chi connectivity index (χ4v) is 3.35. The number of aromatic carboxylic acids is 1. The fourth-order valence-electron chi connectivity index (χ4n) is 3.35. The number of fused-ring (bicyclic) bond motifs is 1. The van der Waals surface area contributed by atoms with E-state index in [4.69, 9.17) is 4.74 Å². The molecular formula is C22H25NO4. The molecule has 2 aromatic rings. The smallest absolute Gasteiger partial charge is 0.414 e. The molecule has 5 heteroatoms. The maximum Gasteiger partial charge on any atom is 0.414 e. The number of carboxylic acids is 1. The van der Waals surface area contributed by atoms with Gasteiger partial charge < -0.3 is 9.84 Å². The molecule has 27 heavy (non-hydrogen) atoms. The first kappa shape index (κ1) is 19.0. The molecule has 1 aliphatic rings. The predicted molar refractivity (Wildman–Crippen MR) is 105 cm³/mol. The van der Waals surface area contributed by atoms with E-state index >= 15 is 0 Å². The van der Waals surface area contributed by atoms with Crippen molar-refractivity contribution in [3.05, 3.63) is 53.1 Å². The van der Waals surface area contributed by atoms with Crippen molar-refractivity contribution in [1.29, 1.82) is 0 Å². The molecule has 1 aliphatic heterocycles. The summed E-state index contributed by atoms with van der Waals surface area (Å²) in [7, 11) is 0. The maximum absolute atomic E-state index is 12.6. The zero-order chi connectivity index (χ0) is 19.8. The van der Waals surface area contributed by atoms with E-state index in [1.54, 1.807) is 17.0 Å². The van der Waals surface area contributed by atoms with E-state index < -0.39 is 17.7 Å². The van der Waals surface area contributed by atoms with E-state index in [0.29, 0.717) is 18.7 Å². The molecular weight excluding hydrogens is 342 g/mol. The van der Waals surface area contributed by atoms with Crippen LogP contribution < -0.4 is 4.90 Å². The van der Waals surface area contributed by atoms with Crippen LogP contribution in [-0.4, -0.2) is 29.3 Å². The molecule has 0 aliphatic carbocycles. The second-order valence-corrected chi connectivity index (χ2v) is 7.76. The van der Waals surface area contributed by atoms with E-state index in [1.165, 1.54) is 5.56 Å². The molecule has 1 N–H and O–H groups in total. The number of amides is 1. The van der Waals surface area contributed by atoms with Gasteiger partial charge in [0.1, 0.15) is 5.60 Å². The number of hydrogen-bond acceptors (Lipinski definition) is 3. The summed E-state index contributed by atoms with van der Waals surface area (Å²) < 4.78 is 5.50. The number of carboxylic acid groups (broad SMARTS) is 1. The lowest BCUT2D eigenvalue weighted by atomic mass is 9.94. The number of ether oxygens (including phenoxy) is 1. The largest absolute Gasteiger partial charge is 0.478 e. The number of nitrogens with zero attached hydrogens (tertiary/aromatic N) is 1. The third kappa shape index (κ3) is 3.97. The van der Waals surface area contributed by atoms with Gasteiger partial charge in [-0.2, -0.15) is 0 Å². The van der Waals surface area contributed by atoms with Crippen LogP contribution in [0.3, 0.4) is 0 Å². The monoisotopic (exact) mass is 367 g/mol. The summed E-state index contributed by atoms with van der Waals surface area (Å²) in [6, 6.07) is 11.4. The third-order valence-corrected chi connectivity index (χ3v) is 4.61. The second-order valence-electron chi connectivity index (χ2n) is 7.76. The van der Waals surface area contributed by atoms with Gasteiger partial charge in [-0.1, -0.05) is 31.2 Å². The van der Waals surface area contributed by atoms with Gasteiger partial charge in [-0.05, 0) is 68.0 Å². The first-order chi connectivity index (χ1) is 12.7. The van der Waals surface area contributed by atoms with Crippen LogP contribution in [0.15, 0.2) is 36.4 Å². The number of benzene rings is 2. The van der Waals surface area contributed by atoms with E-state index in [0.717, 1.165) is 23.1 Å². The van der Waals surface area contributed by atoms with Gasteiger partial charge in [0, 0.05) is 6.54 Å². The summed E-state index contributed by atoms with van der Waals surface area (Å²) in [4.78, 5) is 25.8. The van der Waals surface area contributed by atoms with Crippen LogP contribution in [0.25, 0.3) is 11.1 Å². The zero-order valence-electron chi connectivity index (χ0n) is 16.2. The van der Waals surface area contributed by atoms with Crippen molar-refractivity contribution in [2.75, 3.05) is 11.4 Å². The SMILES string of the molecule is CCc1cccc(-c2cc(C(=O)O)cc3c2CCN3C(=O)OC(C)(C)C)c1. The summed E-state index contributed by atoms with van der Waals surface area (Å²) >= 11 is 0. The van der Waals surface area contributed by atoms with Gasteiger partial charge in [0.2, 0.25) is 0 Å². The van der Waals surface area contributed by atoms with Crippen LogP contribution >= 0.6 is 0 Å². The molecule has 2 aromatic carbocycles. The van der Waals surface area contributed by atoms with E-state index in [-0.39, 0.29) is 5.56 Å². The lowest BCUT2D eigenvalue weighted by molar-refractivity contribution is 0.0582. The first-order valence-corrected chi connectivity index (χ1v) is 9.19. The molecule has 0 spiro atoms. The third-order valence-electron chi connectivity index (χ3n) is 4.61. The van der Waals surface area contributed by atoms with E-state index in [9.17, 15) is 14.7 Å². The molecule has 0 unspecified atom stereocenters. The van der Waals surface area contributed by atoms with Crippen LogP contribution in [0.5, 0.6) is 0 Å². The summed E-state index contributed by atoms with van der Waals surface area (Å²) in [5.41, 5.74) is 4.19. The number of hydrogen-bond donors (Lipinski definition) is 1. The Morgan fingerprint density at radius 2 is 1.93 bits per heavy atom. The van der Waals surface area contributed by atoms with Gasteiger partial charge in [0.25, 0.3) is 0 Å². The minimum atomic E-state index is -1.01. The Morgan fingerprint density at radius 1 is 1.19 bits per heavy atom. The molecule has 1 heterocycles. The average molecular weight is 367 g/mol. The van der Waals surface area contributed by atoms with E-state index in [2.05, 4.69) is 19.1 Å². The molecule has 0 radical (unpaired) electrons. The highest BCUT2D eigenvalue weighted by Gasteiger charge is 2.31. The topological polar surface area (TPSA) is 66.8 Å². The molecule has 0 aromatic heterocycles. The molecule has 142 valence electrons. The van der Waals surface area contributed by atoms with Crippen molar-refractivity contribution < 1.29 is 19.4 Å². The van der Waals surface area contributed by atoms with E-state index in [1.807, 2.05) is 32.9 Å². The summed E-state index contributed by atoms with van der Waals surface area (Å²) in [6.07, 6.45) is 1.12. The van der Waals surface area contributed by atoms with Crippen molar-refractivity contribution in [2.45, 2.75) is 46.1 Å². The van der Waals surface area contributed by atoms with Gasteiger partial charge >= 0.3 is 12.1 Å². The molecule has 0 saturated heterocycles. The number of rotatable bonds is 3. The van der Waals surface area contributed by atoms with Crippen LogP contribution in [-0.2, 0) is 17.6 Å². The molecule has 0 saturated carbocycles. The van der Waals surface area contributed by atoms with Gasteiger partial charge in [0.15, 0.2) is 0 Å². The fraction of sp³-hybridized carbons (Fsp3) is 0.364. The Balaban J connectivity index is 2.11. The van der Waals surface area contributed by atoms with Crippen molar-refractivity contribution in [1.82, 2.24) is 0 Å². The quantitative estimate of drug-likeness (QED) is 0.837. The number of carbonyl (C=O) groups is 2. The second kappa shape index (κ2) is 7.06. The molecule has 0 fully saturated rings. The van der Waals surface area contributed by atoms with Gasteiger partial charge in [-0.15, -0.1) is 0 Å². The molecule has 5 nitrogen and oxygen atoms in total. The molecule has 1 amide bonds. The Labute approximate surface area is 159 Å². The van der Waals surface area contributed by atoms with Crippen molar-refractivity contribution in [3.63, 3.8) is 0 Å². The zero-order valence-corrected chi connectivity index (χ0v) is 16.2. The van der Waals surface area contributed by atoms with Gasteiger partial charge in [-0.3, -0.25) is 4.90 Å². The number of aryl methyl sites for hydroxylation is 1.